The third-order valence-electron chi connectivity index (χ3n) is 25.3. The molecule has 5 heteroatoms. The minimum absolute atomic E-state index is 0.0382. The van der Waals surface area contributed by atoms with E-state index in [4.69, 9.17) is 27.4 Å². The SMILES string of the molecule is Cc1c[n+](C)c(-c2cc(-c3ccccc3)c(C)cc2C)cc1CC(C)(C)C.Cc1cc(C)c(-c2cc(CC(C)(C)C)c(CC(C)(C)C)c[n+]2C)cc1-c1ccccc1.[2H]C([2H])([2H])c1cc(C)c(-c2cc(C([2H])([2H])C(C)(C)C)c(C([2H])([2H])C(C)(C)C)c[n+]2C)cc1-c1ccccc1.[2H]C([2H])([2H])c1cc(C)c(-c2cc(C([2H])([2H])C(C)(C)C)c(C([2H])([2H])[2H])c[n+]2C)cc1-c1ccccc1.[2H]C([2H])([2H])c1cc(C)c(-c2cc(C)c(C([2H])([2H])C(C)(C)C)c[n+]2C)cc1-c1ccccc1. The van der Waals surface area contributed by atoms with Crippen molar-refractivity contribution in [1.29, 1.82) is 0 Å². The molecule has 0 aliphatic carbocycles. The van der Waals surface area contributed by atoms with Crippen LogP contribution in [0.4, 0.5) is 0 Å². The van der Waals surface area contributed by atoms with E-state index in [-0.39, 0.29) is 38.5 Å². The normalized spacial score (nSPS) is 14.8. The van der Waals surface area contributed by atoms with Crippen LogP contribution >= 0.6 is 0 Å². The maximum Gasteiger partial charge on any atom is 0.212 e. The lowest BCUT2D eigenvalue weighted by molar-refractivity contribution is -0.661. The first-order chi connectivity index (χ1) is 74.6. The summed E-state index contributed by atoms with van der Waals surface area (Å²) >= 11 is 0. The van der Waals surface area contributed by atoms with E-state index in [9.17, 15) is 0 Å². The van der Waals surface area contributed by atoms with Crippen molar-refractivity contribution in [2.45, 2.75) is 280 Å². The second-order valence-electron chi connectivity index (χ2n) is 47.5. The Balaban J connectivity index is 0.000000192. The molecule has 0 amide bonds. The van der Waals surface area contributed by atoms with Crippen LogP contribution in [0.2, 0.25) is 0 Å². The molecule has 5 heterocycles. The molecule has 0 bridgehead atoms. The highest BCUT2D eigenvalue weighted by Crippen LogP contribution is 2.42. The maximum absolute atomic E-state index is 9.14. The fourth-order valence-corrected chi connectivity index (χ4v) is 18.9. The van der Waals surface area contributed by atoms with Gasteiger partial charge in [-0.05, 0) is 342 Å². The minimum atomic E-state index is -2.50. The van der Waals surface area contributed by atoms with Crippen molar-refractivity contribution < 1.29 is 50.3 Å². The lowest BCUT2D eigenvalue weighted by atomic mass is 9.81. The Kier molecular flexibility index (Phi) is 27.4. The Morgan fingerprint density at radius 3 is 0.706 bits per heavy atom. The molecule has 0 unspecified atom stereocenters. The number of aryl methyl sites for hydroxylation is 18. The second-order valence-corrected chi connectivity index (χ2v) is 47.5. The maximum atomic E-state index is 9.14. The first-order valence-electron chi connectivity index (χ1n) is 60.7. The lowest BCUT2D eigenvalue weighted by Crippen LogP contribution is -2.33. The predicted octanol–water partition coefficient (Wildman–Crippen LogP) is 34.4. The van der Waals surface area contributed by atoms with Crippen LogP contribution in [0, 0.1) is 128 Å². The smallest absolute Gasteiger partial charge is 0.201 e. The van der Waals surface area contributed by atoms with Crippen LogP contribution in [-0.2, 0) is 80.0 Å². The first kappa shape index (κ1) is 85.4. The molecule has 0 fully saturated rings. The Labute approximate surface area is 895 Å². The average Bonchev–Trinajstić information content (AvgIpc) is 0.730. The Bertz CT molecular complexity index is 7880. The van der Waals surface area contributed by atoms with Crippen LogP contribution in [0.15, 0.2) is 274 Å². The molecule has 5 aromatic heterocycles. The van der Waals surface area contributed by atoms with E-state index in [1.54, 1.807) is 68.9 Å². The summed E-state index contributed by atoms with van der Waals surface area (Å²) in [6.07, 6.45) is 5.87. The van der Waals surface area contributed by atoms with E-state index in [0.717, 1.165) is 69.5 Å². The van der Waals surface area contributed by atoms with Gasteiger partial charge in [-0.2, -0.15) is 0 Å². The number of aromatic nitrogens is 5. The molecule has 10 aromatic carbocycles. The summed E-state index contributed by atoms with van der Waals surface area (Å²) in [7, 11) is 9.82. The number of nitrogens with zero attached hydrogens (tertiary/aromatic N) is 5. The van der Waals surface area contributed by atoms with E-state index in [1.807, 2.05) is 235 Å². The summed E-state index contributed by atoms with van der Waals surface area (Å²) < 4.78 is 178. The van der Waals surface area contributed by atoms with Crippen LogP contribution < -0.4 is 22.8 Å². The van der Waals surface area contributed by atoms with Gasteiger partial charge in [0.15, 0.2) is 31.0 Å². The van der Waals surface area contributed by atoms with Gasteiger partial charge in [0.1, 0.15) is 35.2 Å². The summed E-state index contributed by atoms with van der Waals surface area (Å²) in [5, 5.41) is 0. The molecule has 15 aromatic rings. The molecule has 0 saturated carbocycles. The summed E-state index contributed by atoms with van der Waals surface area (Å²) in [6.45, 7) is 52.1. The molecule has 0 atom stereocenters. The van der Waals surface area contributed by atoms with Crippen molar-refractivity contribution in [3.63, 3.8) is 0 Å². The van der Waals surface area contributed by atoms with E-state index in [0.29, 0.717) is 61.5 Å². The van der Waals surface area contributed by atoms with Gasteiger partial charge in [0, 0.05) is 113 Å². The quantitative estimate of drug-likeness (QED) is 0.0810. The number of pyridine rings is 5. The summed E-state index contributed by atoms with van der Waals surface area (Å²) in [6, 6.07) is 80.1. The van der Waals surface area contributed by atoms with Crippen LogP contribution in [0.1, 0.15) is 284 Å². The van der Waals surface area contributed by atoms with E-state index < -0.39 is 74.6 Å². The standard InChI is InChI=1S/2C30H40N.3C26H32N/c2*1-21-15-22(2)27(17-26(21)23-13-11-10-12-14-23)28-16-24(18-29(3,4)5)25(20-31(28)9)19-30(6,7)8;1-18-14-25(27(7)17-22(18)16-26(4,5)6)24-15-23(19(2)13-20(24)3)21-11-9-8-10-12-21;2*1-18-13-19(2)24(15-23(18)21-11-9-8-10-12-21)25-14-22(16-26(4,5)6)20(3)17-27(25)7/h2*10-17,20H,18-19H2,1-9H3;3*8-15,17H,16H2,1-7H3/q5*+1/i1D3,18D2,19D2;;2D3,16D2;1D3,3D3,16D2;. The molecular weight excluding hydrogens is 1730 g/mol. The fourth-order valence-electron chi connectivity index (χ4n) is 18.9. The van der Waals surface area contributed by atoms with Gasteiger partial charge in [-0.15, -0.1) is 0 Å². The minimum Gasteiger partial charge on any atom is -0.201 e. The van der Waals surface area contributed by atoms with Crippen molar-refractivity contribution >= 4 is 0 Å². The Morgan fingerprint density at radius 1 is 0.182 bits per heavy atom. The van der Waals surface area contributed by atoms with Gasteiger partial charge in [-0.1, -0.05) is 327 Å². The highest BCUT2D eigenvalue weighted by molar-refractivity contribution is 5.81. The van der Waals surface area contributed by atoms with Crippen molar-refractivity contribution in [3.8, 4) is 112 Å². The number of hydrogen-bond donors (Lipinski definition) is 0. The largest absolute Gasteiger partial charge is 0.212 e. The number of hydrogen-bond acceptors (Lipinski definition) is 0. The third kappa shape index (κ3) is 30.8. The van der Waals surface area contributed by atoms with Crippen LogP contribution in [0.5, 0.6) is 0 Å². The van der Waals surface area contributed by atoms with Crippen LogP contribution in [0.3, 0.4) is 0 Å². The molecule has 0 aliphatic rings. The van der Waals surface area contributed by atoms with Gasteiger partial charge in [0.2, 0.25) is 28.5 Å². The summed E-state index contributed by atoms with van der Waals surface area (Å²) in [4.78, 5) is 0. The predicted molar refractivity (Wildman–Crippen MR) is 616 cm³/mol. The summed E-state index contributed by atoms with van der Waals surface area (Å²) in [5.41, 5.74) is 33.6. The van der Waals surface area contributed by atoms with Gasteiger partial charge in [0.25, 0.3) is 0 Å². The Hall–Kier alpha value is -12.1. The van der Waals surface area contributed by atoms with E-state index >= 15 is 0 Å². The van der Waals surface area contributed by atoms with Crippen LogP contribution in [-0.4, -0.2) is 0 Å². The summed E-state index contributed by atoms with van der Waals surface area (Å²) in [5.74, 6) is 0. The van der Waals surface area contributed by atoms with Crippen molar-refractivity contribution in [2.24, 2.45) is 73.1 Å². The highest BCUT2D eigenvalue weighted by Gasteiger charge is 2.31. The second kappa shape index (κ2) is 45.9. The molecule has 0 N–H and O–H groups in total. The lowest BCUT2D eigenvalue weighted by Gasteiger charge is -2.24. The molecular formula is C138H176N5+5. The van der Waals surface area contributed by atoms with Gasteiger partial charge >= 0.3 is 0 Å². The zero-order valence-corrected chi connectivity index (χ0v) is 92.8. The topological polar surface area (TPSA) is 19.4 Å². The van der Waals surface area contributed by atoms with Gasteiger partial charge in [-0.3, -0.25) is 0 Å². The molecule has 5 nitrogen and oxygen atoms in total. The molecule has 0 saturated heterocycles. The number of rotatable bonds is 17. The monoisotopic (exact) mass is 1920 g/mol. The molecule has 15 rings (SSSR count). The van der Waals surface area contributed by atoms with E-state index in [1.165, 1.54) is 95.5 Å². The third-order valence-corrected chi connectivity index (χ3v) is 25.3. The van der Waals surface area contributed by atoms with Crippen molar-refractivity contribution in [1.82, 2.24) is 0 Å². The number of benzene rings is 10. The van der Waals surface area contributed by atoms with Crippen LogP contribution in [0.25, 0.3) is 112 Å². The molecule has 0 spiro atoms. The van der Waals surface area contributed by atoms with Gasteiger partial charge < -0.3 is 0 Å². The fraction of sp³-hybridized carbons (Fsp3) is 0.384. The van der Waals surface area contributed by atoms with Gasteiger partial charge in [-0.25, -0.2) is 22.8 Å². The average molecular weight is 1930 g/mol. The van der Waals surface area contributed by atoms with Crippen molar-refractivity contribution in [3.05, 3.63) is 385 Å². The zero-order chi connectivity index (χ0) is 122. The van der Waals surface area contributed by atoms with E-state index in [2.05, 4.69) is 230 Å². The van der Waals surface area contributed by atoms with Crippen molar-refractivity contribution in [2.75, 3.05) is 0 Å². The Morgan fingerprint density at radius 2 is 0.399 bits per heavy atom. The highest BCUT2D eigenvalue weighted by atomic mass is 14.9. The molecule has 0 radical (unpaired) electrons. The molecule has 143 heavy (non-hydrogen) atoms. The van der Waals surface area contributed by atoms with Gasteiger partial charge in [0.05, 0.1) is 0 Å². The molecule has 0 aliphatic heterocycles. The zero-order valence-electron chi connectivity index (χ0n) is 113. The molecule has 748 valence electrons. The first-order valence-corrected chi connectivity index (χ1v) is 50.7.